The van der Waals surface area contributed by atoms with Gasteiger partial charge >= 0.3 is 0 Å². The third-order valence-corrected chi connectivity index (χ3v) is 3.29. The molecule has 0 unspecified atom stereocenters. The zero-order chi connectivity index (χ0) is 13.0. The summed E-state index contributed by atoms with van der Waals surface area (Å²) in [6, 6.07) is 9.21. The standard InChI is InChI=1S/C12H14N4OS/c1-14-7-8-4-2-3-5-9(8)18-12-15-10(13)6-11(17)16-12/h2-6,14H,7H2,1H3,(H3,13,15,16,17). The monoisotopic (exact) mass is 262 g/mol. The molecule has 0 saturated carbocycles. The lowest BCUT2D eigenvalue weighted by atomic mass is 10.2. The normalized spacial score (nSPS) is 10.5. The van der Waals surface area contributed by atoms with Crippen molar-refractivity contribution in [1.82, 2.24) is 15.3 Å². The van der Waals surface area contributed by atoms with Crippen LogP contribution in [0.1, 0.15) is 5.56 Å². The second-order valence-electron chi connectivity index (χ2n) is 3.72. The van der Waals surface area contributed by atoms with E-state index in [4.69, 9.17) is 5.73 Å². The number of hydrogen-bond donors (Lipinski definition) is 3. The van der Waals surface area contributed by atoms with Crippen molar-refractivity contribution < 1.29 is 0 Å². The first-order valence-corrected chi connectivity index (χ1v) is 6.28. The third-order valence-electron chi connectivity index (χ3n) is 2.29. The molecule has 0 aliphatic carbocycles. The molecule has 2 rings (SSSR count). The van der Waals surface area contributed by atoms with Crippen LogP contribution in [0.3, 0.4) is 0 Å². The predicted molar refractivity (Wildman–Crippen MR) is 72.6 cm³/mol. The van der Waals surface area contributed by atoms with Crippen molar-refractivity contribution in [2.45, 2.75) is 16.6 Å². The summed E-state index contributed by atoms with van der Waals surface area (Å²) in [4.78, 5) is 19.1. The van der Waals surface area contributed by atoms with Gasteiger partial charge in [0, 0.05) is 17.5 Å². The van der Waals surface area contributed by atoms with E-state index < -0.39 is 0 Å². The molecule has 1 aromatic carbocycles. The maximum atomic E-state index is 11.3. The van der Waals surface area contributed by atoms with Gasteiger partial charge in [0.2, 0.25) is 0 Å². The lowest BCUT2D eigenvalue weighted by Crippen LogP contribution is -2.10. The molecule has 2 aromatic rings. The molecule has 18 heavy (non-hydrogen) atoms. The fourth-order valence-electron chi connectivity index (χ4n) is 1.55. The Labute approximate surface area is 109 Å². The Balaban J connectivity index is 2.30. The maximum Gasteiger partial charge on any atom is 0.253 e. The minimum absolute atomic E-state index is 0.229. The van der Waals surface area contributed by atoms with E-state index in [0.29, 0.717) is 5.16 Å². The highest BCUT2D eigenvalue weighted by atomic mass is 32.2. The molecular weight excluding hydrogens is 248 g/mol. The van der Waals surface area contributed by atoms with Crippen LogP contribution in [0, 0.1) is 0 Å². The van der Waals surface area contributed by atoms with E-state index in [2.05, 4.69) is 15.3 Å². The van der Waals surface area contributed by atoms with Crippen molar-refractivity contribution in [2.24, 2.45) is 0 Å². The molecule has 0 fully saturated rings. The van der Waals surface area contributed by atoms with E-state index in [1.54, 1.807) is 0 Å². The summed E-state index contributed by atoms with van der Waals surface area (Å²) >= 11 is 1.40. The van der Waals surface area contributed by atoms with Gasteiger partial charge in [-0.25, -0.2) is 4.98 Å². The first kappa shape index (κ1) is 12.7. The van der Waals surface area contributed by atoms with Crippen molar-refractivity contribution in [3.8, 4) is 0 Å². The summed E-state index contributed by atoms with van der Waals surface area (Å²) in [5.74, 6) is 0.229. The first-order valence-electron chi connectivity index (χ1n) is 5.46. The molecule has 6 heteroatoms. The highest BCUT2D eigenvalue weighted by molar-refractivity contribution is 7.99. The minimum Gasteiger partial charge on any atom is -0.383 e. The van der Waals surface area contributed by atoms with Crippen LogP contribution in [-0.4, -0.2) is 17.0 Å². The zero-order valence-corrected chi connectivity index (χ0v) is 10.8. The van der Waals surface area contributed by atoms with Crippen LogP contribution in [0.2, 0.25) is 0 Å². The molecule has 0 atom stereocenters. The Bertz CT molecular complexity index is 597. The lowest BCUT2D eigenvalue weighted by molar-refractivity contribution is 0.802. The third kappa shape index (κ3) is 3.12. The van der Waals surface area contributed by atoms with Gasteiger partial charge in [-0.3, -0.25) is 4.79 Å². The average molecular weight is 262 g/mol. The number of nitrogens with two attached hydrogens (primary N) is 1. The van der Waals surface area contributed by atoms with Gasteiger partial charge in [0.25, 0.3) is 5.56 Å². The minimum atomic E-state index is -0.240. The Kier molecular flexibility index (Phi) is 4.01. The van der Waals surface area contributed by atoms with E-state index in [-0.39, 0.29) is 11.4 Å². The number of nitrogen functional groups attached to an aromatic ring is 1. The topological polar surface area (TPSA) is 83.8 Å². The number of H-pyrrole nitrogens is 1. The van der Waals surface area contributed by atoms with E-state index in [0.717, 1.165) is 17.0 Å². The summed E-state index contributed by atoms with van der Waals surface area (Å²) in [6.45, 7) is 0.760. The molecule has 1 aromatic heterocycles. The molecule has 0 aliphatic heterocycles. The highest BCUT2D eigenvalue weighted by Gasteiger charge is 2.05. The quantitative estimate of drug-likeness (QED) is 0.722. The fourth-order valence-corrected chi connectivity index (χ4v) is 2.47. The number of aromatic nitrogens is 2. The second-order valence-corrected chi connectivity index (χ2v) is 4.75. The number of anilines is 1. The van der Waals surface area contributed by atoms with Crippen molar-refractivity contribution >= 4 is 17.6 Å². The van der Waals surface area contributed by atoms with Crippen LogP contribution in [-0.2, 0) is 6.54 Å². The van der Waals surface area contributed by atoms with Crippen LogP contribution >= 0.6 is 11.8 Å². The number of aromatic amines is 1. The number of benzene rings is 1. The largest absolute Gasteiger partial charge is 0.383 e. The van der Waals surface area contributed by atoms with Crippen molar-refractivity contribution in [3.63, 3.8) is 0 Å². The van der Waals surface area contributed by atoms with E-state index in [1.807, 2.05) is 31.3 Å². The average Bonchev–Trinajstić information content (AvgIpc) is 2.30. The van der Waals surface area contributed by atoms with Gasteiger partial charge in [0.1, 0.15) is 5.82 Å². The molecule has 0 bridgehead atoms. The Morgan fingerprint density at radius 1 is 1.44 bits per heavy atom. The summed E-state index contributed by atoms with van der Waals surface area (Å²) in [6.07, 6.45) is 0. The zero-order valence-electron chi connectivity index (χ0n) is 9.93. The Morgan fingerprint density at radius 2 is 2.22 bits per heavy atom. The lowest BCUT2D eigenvalue weighted by Gasteiger charge is -2.07. The summed E-state index contributed by atoms with van der Waals surface area (Å²) in [5, 5.41) is 3.61. The molecular formula is C12H14N4OS. The molecule has 0 radical (unpaired) electrons. The first-order chi connectivity index (χ1) is 8.69. The SMILES string of the molecule is CNCc1ccccc1Sc1nc(N)cc(=O)[nH]1. The van der Waals surface area contributed by atoms with E-state index in [1.165, 1.54) is 17.8 Å². The smallest absolute Gasteiger partial charge is 0.253 e. The van der Waals surface area contributed by atoms with Crippen molar-refractivity contribution in [2.75, 3.05) is 12.8 Å². The molecule has 5 nitrogen and oxygen atoms in total. The molecule has 94 valence electrons. The van der Waals surface area contributed by atoms with Gasteiger partial charge in [-0.2, -0.15) is 0 Å². The van der Waals surface area contributed by atoms with Crippen molar-refractivity contribution in [1.29, 1.82) is 0 Å². The summed E-state index contributed by atoms with van der Waals surface area (Å²) in [5.41, 5.74) is 6.46. The molecule has 0 amide bonds. The van der Waals surface area contributed by atoms with Gasteiger partial charge in [-0.15, -0.1) is 0 Å². The number of nitrogens with one attached hydrogen (secondary N) is 2. The number of nitrogens with zero attached hydrogens (tertiary/aromatic N) is 1. The second kappa shape index (κ2) is 5.70. The van der Waals surface area contributed by atoms with Crippen molar-refractivity contribution in [3.05, 3.63) is 46.2 Å². The van der Waals surface area contributed by atoms with Gasteiger partial charge in [-0.05, 0) is 18.7 Å². The van der Waals surface area contributed by atoms with Crippen LogP contribution in [0.5, 0.6) is 0 Å². The van der Waals surface area contributed by atoms with Crippen LogP contribution in [0.4, 0.5) is 5.82 Å². The predicted octanol–water partition coefficient (Wildman–Crippen LogP) is 1.22. The van der Waals surface area contributed by atoms with Crippen LogP contribution in [0.25, 0.3) is 0 Å². The van der Waals surface area contributed by atoms with E-state index in [9.17, 15) is 4.79 Å². The molecule has 1 heterocycles. The summed E-state index contributed by atoms with van der Waals surface area (Å²) in [7, 11) is 1.89. The molecule has 0 saturated heterocycles. The molecule has 0 spiro atoms. The Morgan fingerprint density at radius 3 is 2.94 bits per heavy atom. The molecule has 4 N–H and O–H groups in total. The fraction of sp³-hybridized carbons (Fsp3) is 0.167. The van der Waals surface area contributed by atoms with E-state index >= 15 is 0 Å². The number of rotatable bonds is 4. The maximum absolute atomic E-state index is 11.3. The van der Waals surface area contributed by atoms with Gasteiger partial charge in [-0.1, -0.05) is 30.0 Å². The van der Waals surface area contributed by atoms with Gasteiger partial charge < -0.3 is 16.0 Å². The number of hydrogen-bond acceptors (Lipinski definition) is 5. The van der Waals surface area contributed by atoms with Gasteiger partial charge in [0.05, 0.1) is 0 Å². The van der Waals surface area contributed by atoms with Crippen LogP contribution < -0.4 is 16.6 Å². The van der Waals surface area contributed by atoms with Gasteiger partial charge in [0.15, 0.2) is 5.16 Å². The Hall–Kier alpha value is -1.79. The summed E-state index contributed by atoms with van der Waals surface area (Å²) < 4.78 is 0. The molecule has 0 aliphatic rings. The van der Waals surface area contributed by atoms with Crippen LogP contribution in [0.15, 0.2) is 45.2 Å². The highest BCUT2D eigenvalue weighted by Crippen LogP contribution is 2.27.